The van der Waals surface area contributed by atoms with Crippen molar-refractivity contribution in [2.75, 3.05) is 32.0 Å². The van der Waals surface area contributed by atoms with Crippen LogP contribution >= 0.6 is 0 Å². The number of nitrogens with two attached hydrogens (primary N) is 1. The van der Waals surface area contributed by atoms with Gasteiger partial charge in [-0.3, -0.25) is 9.69 Å². The average Bonchev–Trinajstić information content (AvgIpc) is 2.98. The lowest BCUT2D eigenvalue weighted by Crippen LogP contribution is -2.40. The molecule has 7 heteroatoms. The molecule has 0 aromatic carbocycles. The van der Waals surface area contributed by atoms with Gasteiger partial charge in [-0.2, -0.15) is 4.98 Å². The van der Waals surface area contributed by atoms with Gasteiger partial charge in [-0.1, -0.05) is 13.8 Å². The Morgan fingerprint density at radius 3 is 3.09 bits per heavy atom. The normalized spacial score (nSPS) is 18.4. The Morgan fingerprint density at radius 1 is 1.55 bits per heavy atom. The number of aromatic nitrogens is 2. The highest BCUT2D eigenvalue weighted by atomic mass is 16.5. The number of nitrogens with zero attached hydrogens (tertiary/aromatic N) is 3. The van der Waals surface area contributed by atoms with E-state index in [9.17, 15) is 4.79 Å². The summed E-state index contributed by atoms with van der Waals surface area (Å²) in [5, 5.41) is 2.96. The lowest BCUT2D eigenvalue weighted by molar-refractivity contribution is 0.0936. The first kappa shape index (κ1) is 16.5. The third kappa shape index (κ3) is 4.07. The highest BCUT2D eigenvalue weighted by molar-refractivity contribution is 5.96. The molecule has 0 radical (unpaired) electrons. The number of ether oxygens (including phenoxy) is 1. The van der Waals surface area contributed by atoms with Gasteiger partial charge in [0.25, 0.3) is 5.91 Å². The molecular formula is C15H25N5O2. The predicted octanol–water partition coefficient (Wildman–Crippen LogP) is 1.06. The van der Waals surface area contributed by atoms with Gasteiger partial charge in [0.1, 0.15) is 5.56 Å². The summed E-state index contributed by atoms with van der Waals surface area (Å²) < 4.78 is 5.50. The molecule has 2 rings (SSSR count). The highest BCUT2D eigenvalue weighted by Crippen LogP contribution is 2.18. The largest absolute Gasteiger partial charge is 0.477 e. The van der Waals surface area contributed by atoms with E-state index in [2.05, 4.69) is 27.1 Å². The van der Waals surface area contributed by atoms with E-state index in [1.54, 1.807) is 0 Å². The van der Waals surface area contributed by atoms with Crippen molar-refractivity contribution in [1.82, 2.24) is 20.2 Å². The molecule has 0 bridgehead atoms. The van der Waals surface area contributed by atoms with Crippen molar-refractivity contribution in [2.45, 2.75) is 39.2 Å². The molecule has 122 valence electrons. The number of anilines is 1. The van der Waals surface area contributed by atoms with Crippen LogP contribution in [0.5, 0.6) is 5.88 Å². The summed E-state index contributed by atoms with van der Waals surface area (Å²) in [6, 6.07) is 0.406. The molecule has 3 N–H and O–H groups in total. The van der Waals surface area contributed by atoms with Gasteiger partial charge in [0.15, 0.2) is 0 Å². The monoisotopic (exact) mass is 307 g/mol. The maximum absolute atomic E-state index is 12.4. The van der Waals surface area contributed by atoms with Gasteiger partial charge >= 0.3 is 0 Å². The van der Waals surface area contributed by atoms with E-state index >= 15 is 0 Å². The molecule has 1 saturated heterocycles. The van der Waals surface area contributed by atoms with Gasteiger partial charge in [-0.15, -0.1) is 0 Å². The summed E-state index contributed by atoms with van der Waals surface area (Å²) in [5.74, 6) is 0.148. The van der Waals surface area contributed by atoms with Gasteiger partial charge in [0.05, 0.1) is 6.61 Å². The number of likely N-dealkylation sites (N-methyl/N-ethyl adjacent to an activating group) is 1. The number of hydrogen-bond donors (Lipinski definition) is 2. The Bertz CT molecular complexity index is 509. The average molecular weight is 307 g/mol. The highest BCUT2D eigenvalue weighted by Gasteiger charge is 2.24. The van der Waals surface area contributed by atoms with Crippen LogP contribution in [0.1, 0.15) is 43.5 Å². The summed E-state index contributed by atoms with van der Waals surface area (Å²) in [6.45, 7) is 7.37. The second-order valence-corrected chi connectivity index (χ2v) is 5.43. The quantitative estimate of drug-likeness (QED) is 0.782. The fourth-order valence-corrected chi connectivity index (χ4v) is 2.69. The molecule has 22 heavy (non-hydrogen) atoms. The second-order valence-electron chi connectivity index (χ2n) is 5.43. The third-order valence-corrected chi connectivity index (χ3v) is 3.86. The zero-order valence-corrected chi connectivity index (χ0v) is 13.3. The maximum atomic E-state index is 12.4. The van der Waals surface area contributed by atoms with Crippen LogP contribution in [0.4, 0.5) is 5.95 Å². The molecule has 7 nitrogen and oxygen atoms in total. The Morgan fingerprint density at radius 2 is 2.36 bits per heavy atom. The lowest BCUT2D eigenvalue weighted by Gasteiger charge is -2.23. The minimum Gasteiger partial charge on any atom is -0.477 e. The molecule has 1 atom stereocenters. The molecule has 1 aliphatic heterocycles. The Kier molecular flexibility index (Phi) is 5.94. The topological polar surface area (TPSA) is 93.4 Å². The number of carbonyl (C=O) groups excluding carboxylic acids is 1. The summed E-state index contributed by atoms with van der Waals surface area (Å²) >= 11 is 0. The van der Waals surface area contributed by atoms with Crippen LogP contribution in [0, 0.1) is 0 Å². The summed E-state index contributed by atoms with van der Waals surface area (Å²) in [4.78, 5) is 22.7. The zero-order chi connectivity index (χ0) is 15.9. The number of hydrogen-bond acceptors (Lipinski definition) is 6. The van der Waals surface area contributed by atoms with Crippen molar-refractivity contribution in [2.24, 2.45) is 0 Å². The third-order valence-electron chi connectivity index (χ3n) is 3.86. The van der Waals surface area contributed by atoms with Crippen molar-refractivity contribution in [3.63, 3.8) is 0 Å². The Hall–Kier alpha value is -1.89. The fourth-order valence-electron chi connectivity index (χ4n) is 2.69. The molecule has 1 fully saturated rings. The van der Waals surface area contributed by atoms with Gasteiger partial charge in [-0.25, -0.2) is 4.98 Å². The van der Waals surface area contributed by atoms with Crippen LogP contribution in [-0.2, 0) is 0 Å². The molecule has 1 aromatic heterocycles. The van der Waals surface area contributed by atoms with Crippen LogP contribution < -0.4 is 15.8 Å². The standard InChI is InChI=1S/C15H25N5O2/c1-3-8-22-14-12(10-18-15(16)19-14)13(21)17-9-11-6-5-7-20(11)4-2/h10-11H,3-9H2,1-2H3,(H,17,21)(H2,16,18,19)/t11-/m1/s1. The van der Waals surface area contributed by atoms with Crippen LogP contribution in [0.25, 0.3) is 0 Å². The number of rotatable bonds is 7. The number of amides is 1. The lowest BCUT2D eigenvalue weighted by atomic mass is 10.2. The SMILES string of the molecule is CCCOc1nc(N)ncc1C(=O)NC[C@H]1CCCN1CC. The van der Waals surface area contributed by atoms with Gasteiger partial charge < -0.3 is 15.8 Å². The van der Waals surface area contributed by atoms with E-state index in [4.69, 9.17) is 10.5 Å². The van der Waals surface area contributed by atoms with E-state index in [0.29, 0.717) is 24.8 Å². The summed E-state index contributed by atoms with van der Waals surface area (Å²) in [5.41, 5.74) is 5.91. The first-order valence-corrected chi connectivity index (χ1v) is 7.93. The molecule has 0 saturated carbocycles. The number of nitrogens with one attached hydrogen (secondary N) is 1. The first-order valence-electron chi connectivity index (χ1n) is 7.93. The fraction of sp³-hybridized carbons (Fsp3) is 0.667. The van der Waals surface area contributed by atoms with Crippen molar-refractivity contribution in [1.29, 1.82) is 0 Å². The maximum Gasteiger partial charge on any atom is 0.258 e. The van der Waals surface area contributed by atoms with E-state index in [0.717, 1.165) is 25.9 Å². The molecule has 1 aliphatic rings. The van der Waals surface area contributed by atoms with Crippen LogP contribution in [-0.4, -0.2) is 53.1 Å². The minimum absolute atomic E-state index is 0.107. The number of likely N-dealkylation sites (tertiary alicyclic amines) is 1. The van der Waals surface area contributed by atoms with Crippen molar-refractivity contribution in [3.05, 3.63) is 11.8 Å². The van der Waals surface area contributed by atoms with Crippen LogP contribution in [0.15, 0.2) is 6.20 Å². The van der Waals surface area contributed by atoms with Gasteiger partial charge in [0.2, 0.25) is 11.8 Å². The summed E-state index contributed by atoms with van der Waals surface area (Å²) in [7, 11) is 0. The van der Waals surface area contributed by atoms with Crippen LogP contribution in [0.3, 0.4) is 0 Å². The van der Waals surface area contributed by atoms with Gasteiger partial charge in [0, 0.05) is 18.8 Å². The Labute approximate surface area is 131 Å². The van der Waals surface area contributed by atoms with Gasteiger partial charge in [-0.05, 0) is 32.4 Å². The van der Waals surface area contributed by atoms with Crippen molar-refractivity contribution < 1.29 is 9.53 Å². The Balaban J connectivity index is 1.99. The van der Waals surface area contributed by atoms with Crippen molar-refractivity contribution in [3.8, 4) is 5.88 Å². The van der Waals surface area contributed by atoms with E-state index in [1.807, 2.05) is 6.92 Å². The summed E-state index contributed by atoms with van der Waals surface area (Å²) in [6.07, 6.45) is 4.56. The number of nitrogen functional groups attached to an aromatic ring is 1. The number of carbonyl (C=O) groups is 1. The van der Waals surface area contributed by atoms with Crippen LogP contribution in [0.2, 0.25) is 0 Å². The van der Waals surface area contributed by atoms with E-state index in [-0.39, 0.29) is 17.7 Å². The second kappa shape index (κ2) is 7.93. The minimum atomic E-state index is -0.214. The molecule has 0 unspecified atom stereocenters. The zero-order valence-electron chi connectivity index (χ0n) is 13.3. The molecular weight excluding hydrogens is 282 g/mol. The molecule has 0 aliphatic carbocycles. The molecule has 1 aromatic rings. The van der Waals surface area contributed by atoms with E-state index in [1.165, 1.54) is 12.6 Å². The predicted molar refractivity (Wildman–Crippen MR) is 84.8 cm³/mol. The molecule has 0 spiro atoms. The smallest absolute Gasteiger partial charge is 0.258 e. The van der Waals surface area contributed by atoms with Crippen molar-refractivity contribution >= 4 is 11.9 Å². The molecule has 2 heterocycles. The first-order chi connectivity index (χ1) is 10.7. The van der Waals surface area contributed by atoms with E-state index < -0.39 is 0 Å². The molecule has 1 amide bonds.